The molecule has 94 valence electrons. The summed E-state index contributed by atoms with van der Waals surface area (Å²) >= 11 is 0. The number of aromatic hydroxyl groups is 1. The molecule has 8 heteroatoms. The maximum absolute atomic E-state index is 10.7. The first-order valence-electron chi connectivity index (χ1n) is 5.14. The van der Waals surface area contributed by atoms with Crippen LogP contribution in [0.25, 0.3) is 11.4 Å². The summed E-state index contributed by atoms with van der Waals surface area (Å²) < 4.78 is 0. The fourth-order valence-electron chi connectivity index (χ4n) is 1.42. The highest BCUT2D eigenvalue weighted by molar-refractivity contribution is 5.66. The van der Waals surface area contributed by atoms with Crippen molar-refractivity contribution in [1.29, 1.82) is 0 Å². The highest BCUT2D eigenvalue weighted by atomic mass is 16.6. The minimum atomic E-state index is -0.554. The molecule has 1 aromatic carbocycles. The quantitative estimate of drug-likeness (QED) is 0.551. The van der Waals surface area contributed by atoms with E-state index in [9.17, 15) is 15.2 Å². The van der Waals surface area contributed by atoms with Gasteiger partial charge in [0.25, 0.3) is 5.69 Å². The highest BCUT2D eigenvalue weighted by Crippen LogP contribution is 2.30. The summed E-state index contributed by atoms with van der Waals surface area (Å²) in [4.78, 5) is 14.2. The van der Waals surface area contributed by atoms with Crippen molar-refractivity contribution in [2.45, 2.75) is 13.0 Å². The number of nitro groups is 1. The largest absolute Gasteiger partial charge is 0.507 e. The molecule has 0 amide bonds. The van der Waals surface area contributed by atoms with E-state index >= 15 is 0 Å². The molecule has 18 heavy (non-hydrogen) atoms. The van der Waals surface area contributed by atoms with Gasteiger partial charge in [-0.15, -0.1) is 0 Å². The Balaban J connectivity index is 2.48. The molecule has 1 atom stereocenters. The zero-order valence-corrected chi connectivity index (χ0v) is 9.49. The first-order valence-corrected chi connectivity index (χ1v) is 5.14. The van der Waals surface area contributed by atoms with E-state index in [1.165, 1.54) is 18.2 Å². The summed E-state index contributed by atoms with van der Waals surface area (Å²) in [6.45, 7) is 1.72. The van der Waals surface area contributed by atoms with E-state index in [1.807, 2.05) is 0 Å². The SMILES string of the molecule is CC(N)c1nc(-c2cc([N+](=O)[O-])ccc2O)n[nH]1. The van der Waals surface area contributed by atoms with Crippen molar-refractivity contribution < 1.29 is 10.0 Å². The monoisotopic (exact) mass is 249 g/mol. The molecule has 0 aliphatic carbocycles. The lowest BCUT2D eigenvalue weighted by Crippen LogP contribution is -2.06. The third-order valence-electron chi connectivity index (χ3n) is 2.37. The number of nitrogens with two attached hydrogens (primary N) is 1. The second-order valence-electron chi connectivity index (χ2n) is 3.79. The second-order valence-corrected chi connectivity index (χ2v) is 3.79. The van der Waals surface area contributed by atoms with Crippen LogP contribution in [0.4, 0.5) is 5.69 Å². The van der Waals surface area contributed by atoms with Gasteiger partial charge in [-0.3, -0.25) is 15.2 Å². The Hall–Kier alpha value is -2.48. The number of benzene rings is 1. The van der Waals surface area contributed by atoms with Gasteiger partial charge < -0.3 is 10.8 Å². The van der Waals surface area contributed by atoms with Crippen LogP contribution in [-0.4, -0.2) is 25.2 Å². The van der Waals surface area contributed by atoms with Crippen molar-refractivity contribution in [3.05, 3.63) is 34.1 Å². The molecule has 1 unspecified atom stereocenters. The maximum Gasteiger partial charge on any atom is 0.270 e. The van der Waals surface area contributed by atoms with Gasteiger partial charge in [-0.2, -0.15) is 5.10 Å². The maximum atomic E-state index is 10.7. The summed E-state index contributed by atoms with van der Waals surface area (Å²) in [7, 11) is 0. The number of hydrogen-bond acceptors (Lipinski definition) is 6. The van der Waals surface area contributed by atoms with Gasteiger partial charge in [0.15, 0.2) is 5.82 Å². The molecule has 0 fully saturated rings. The number of rotatable bonds is 3. The molecule has 0 spiro atoms. The average molecular weight is 249 g/mol. The van der Waals surface area contributed by atoms with E-state index in [0.717, 1.165) is 0 Å². The Morgan fingerprint density at radius 3 is 2.83 bits per heavy atom. The summed E-state index contributed by atoms with van der Waals surface area (Å²) in [6.07, 6.45) is 0. The number of aromatic amines is 1. The van der Waals surface area contributed by atoms with Crippen molar-refractivity contribution in [1.82, 2.24) is 15.2 Å². The van der Waals surface area contributed by atoms with Crippen LogP contribution < -0.4 is 5.73 Å². The van der Waals surface area contributed by atoms with Crippen molar-refractivity contribution in [3.8, 4) is 17.1 Å². The standard InChI is InChI=1S/C10H11N5O3/c1-5(11)9-12-10(14-13-9)7-4-6(15(17)18)2-3-8(7)16/h2-5,16H,11H2,1H3,(H,12,13,14). The van der Waals surface area contributed by atoms with Crippen LogP contribution in [0, 0.1) is 10.1 Å². The summed E-state index contributed by atoms with van der Waals surface area (Å²) in [5.74, 6) is 0.482. The fraction of sp³-hybridized carbons (Fsp3) is 0.200. The highest BCUT2D eigenvalue weighted by Gasteiger charge is 2.16. The van der Waals surface area contributed by atoms with Crippen LogP contribution in [0.15, 0.2) is 18.2 Å². The number of H-pyrrole nitrogens is 1. The van der Waals surface area contributed by atoms with Crippen LogP contribution in [0.2, 0.25) is 0 Å². The van der Waals surface area contributed by atoms with E-state index in [4.69, 9.17) is 5.73 Å². The third kappa shape index (κ3) is 2.13. The number of non-ortho nitro benzene ring substituents is 1. The Bertz CT molecular complexity index is 593. The van der Waals surface area contributed by atoms with Crippen LogP contribution in [0.5, 0.6) is 5.75 Å². The summed E-state index contributed by atoms with van der Waals surface area (Å²) in [6, 6.07) is 3.31. The van der Waals surface area contributed by atoms with Crippen molar-refractivity contribution in [2.75, 3.05) is 0 Å². The van der Waals surface area contributed by atoms with Gasteiger partial charge in [0.2, 0.25) is 0 Å². The van der Waals surface area contributed by atoms with Crippen molar-refractivity contribution >= 4 is 5.69 Å². The van der Waals surface area contributed by atoms with Crippen molar-refractivity contribution in [2.24, 2.45) is 5.73 Å². The van der Waals surface area contributed by atoms with Gasteiger partial charge >= 0.3 is 0 Å². The summed E-state index contributed by atoms with van der Waals surface area (Å²) in [5, 5.41) is 26.8. The molecule has 2 aromatic rings. The Morgan fingerprint density at radius 2 is 2.28 bits per heavy atom. The number of hydrogen-bond donors (Lipinski definition) is 3. The molecule has 4 N–H and O–H groups in total. The predicted octanol–water partition coefficient (Wildman–Crippen LogP) is 1.11. The molecule has 0 saturated heterocycles. The molecule has 0 aliphatic heterocycles. The lowest BCUT2D eigenvalue weighted by Gasteiger charge is -2.00. The van der Waals surface area contributed by atoms with Gasteiger partial charge in [0, 0.05) is 12.1 Å². The van der Waals surface area contributed by atoms with E-state index in [1.54, 1.807) is 6.92 Å². The van der Waals surface area contributed by atoms with Gasteiger partial charge in [-0.25, -0.2) is 4.98 Å². The first kappa shape index (κ1) is 12.0. The van der Waals surface area contributed by atoms with E-state index in [2.05, 4.69) is 15.2 Å². The lowest BCUT2D eigenvalue weighted by molar-refractivity contribution is -0.384. The van der Waals surface area contributed by atoms with Gasteiger partial charge in [0.1, 0.15) is 11.6 Å². The minimum Gasteiger partial charge on any atom is -0.507 e. The van der Waals surface area contributed by atoms with Crippen molar-refractivity contribution in [3.63, 3.8) is 0 Å². The van der Waals surface area contributed by atoms with Crippen LogP contribution in [0.1, 0.15) is 18.8 Å². The number of phenols is 1. The number of aromatic nitrogens is 3. The molecular formula is C10H11N5O3. The van der Waals surface area contributed by atoms with E-state index in [0.29, 0.717) is 5.82 Å². The molecule has 0 radical (unpaired) electrons. The molecule has 0 aliphatic rings. The van der Waals surface area contributed by atoms with Crippen LogP contribution >= 0.6 is 0 Å². The predicted molar refractivity (Wildman–Crippen MR) is 62.7 cm³/mol. The minimum absolute atomic E-state index is 0.129. The molecule has 0 saturated carbocycles. The number of phenolic OH excluding ortho intramolecular Hbond substituents is 1. The van der Waals surface area contributed by atoms with Gasteiger partial charge in [-0.05, 0) is 13.0 Å². The Labute approximate surface area is 102 Å². The second kappa shape index (κ2) is 4.41. The Kier molecular flexibility index (Phi) is 2.94. The van der Waals surface area contributed by atoms with Crippen LogP contribution in [-0.2, 0) is 0 Å². The zero-order chi connectivity index (χ0) is 13.3. The topological polar surface area (TPSA) is 131 Å². The fourth-order valence-corrected chi connectivity index (χ4v) is 1.42. The Morgan fingerprint density at radius 1 is 1.56 bits per heavy atom. The smallest absolute Gasteiger partial charge is 0.270 e. The number of nitro benzene ring substituents is 1. The zero-order valence-electron chi connectivity index (χ0n) is 9.49. The van der Waals surface area contributed by atoms with Crippen LogP contribution in [0.3, 0.4) is 0 Å². The number of nitrogens with one attached hydrogen (secondary N) is 1. The molecule has 1 aromatic heterocycles. The first-order chi connectivity index (χ1) is 8.49. The van der Waals surface area contributed by atoms with E-state index in [-0.39, 0.29) is 28.9 Å². The van der Waals surface area contributed by atoms with Gasteiger partial charge in [0.05, 0.1) is 16.5 Å². The molecule has 2 rings (SSSR count). The molecular weight excluding hydrogens is 238 g/mol. The normalized spacial score (nSPS) is 12.3. The third-order valence-corrected chi connectivity index (χ3v) is 2.37. The molecule has 8 nitrogen and oxygen atoms in total. The lowest BCUT2D eigenvalue weighted by atomic mass is 10.1. The summed E-state index contributed by atoms with van der Waals surface area (Å²) in [5.41, 5.74) is 5.66. The molecule has 0 bridgehead atoms. The van der Waals surface area contributed by atoms with E-state index < -0.39 is 4.92 Å². The average Bonchev–Trinajstić information content (AvgIpc) is 2.78. The molecule has 1 heterocycles. The number of nitrogens with zero attached hydrogens (tertiary/aromatic N) is 3. The van der Waals surface area contributed by atoms with Gasteiger partial charge in [-0.1, -0.05) is 0 Å².